The third-order valence-electron chi connectivity index (χ3n) is 4.20. The highest BCUT2D eigenvalue weighted by atomic mass is 32.1. The normalized spacial score (nSPS) is 12.1. The lowest BCUT2D eigenvalue weighted by molar-refractivity contribution is 0.459. The summed E-state index contributed by atoms with van der Waals surface area (Å²) in [6.07, 6.45) is 0. The van der Waals surface area contributed by atoms with Crippen LogP contribution in [0, 0.1) is 0 Å². The minimum Gasteiger partial charge on any atom is -0.493 e. The van der Waals surface area contributed by atoms with Crippen LogP contribution in [0.1, 0.15) is 0 Å². The van der Waals surface area contributed by atoms with E-state index >= 15 is 0 Å². The molecule has 0 radical (unpaired) electrons. The van der Waals surface area contributed by atoms with Crippen LogP contribution < -0.4 is 0 Å². The number of aromatic nitrogens is 4. The van der Waals surface area contributed by atoms with Crippen LogP contribution in [-0.2, 0) is 0 Å². The monoisotopic (exact) mass is 404 g/mol. The molecular formula is C18H12N8O2S. The molecule has 0 unspecified atom stereocenters. The Morgan fingerprint density at radius 3 is 1.90 bits per heavy atom. The van der Waals surface area contributed by atoms with Gasteiger partial charge in [0, 0.05) is 22.3 Å². The van der Waals surface area contributed by atoms with Gasteiger partial charge in [0.25, 0.3) is 11.1 Å². The molecule has 0 aliphatic rings. The van der Waals surface area contributed by atoms with Crippen LogP contribution >= 0.6 is 11.5 Å². The summed E-state index contributed by atoms with van der Waals surface area (Å²) in [5, 5.41) is 37.9. The van der Waals surface area contributed by atoms with E-state index in [9.17, 15) is 10.2 Å². The molecule has 0 fully saturated rings. The van der Waals surface area contributed by atoms with Crippen molar-refractivity contribution in [2.45, 2.75) is 0 Å². The van der Waals surface area contributed by atoms with Crippen LogP contribution in [0.2, 0.25) is 0 Å². The summed E-state index contributed by atoms with van der Waals surface area (Å²) in [6.45, 7) is 0. The fourth-order valence-corrected chi connectivity index (χ4v) is 3.35. The van der Waals surface area contributed by atoms with E-state index in [4.69, 9.17) is 0 Å². The number of rotatable bonds is 4. The number of hydrogen-bond acceptors (Lipinski definition) is 9. The number of aromatic amines is 2. The van der Waals surface area contributed by atoms with Crippen LogP contribution in [0.25, 0.3) is 21.8 Å². The van der Waals surface area contributed by atoms with Gasteiger partial charge in [-0.05, 0) is 12.1 Å². The minimum absolute atomic E-state index is 0.0748. The average molecular weight is 404 g/mol. The van der Waals surface area contributed by atoms with E-state index in [1.807, 2.05) is 48.5 Å². The van der Waals surface area contributed by atoms with E-state index < -0.39 is 0 Å². The molecule has 5 aromatic rings. The number of H-pyrrole nitrogens is 2. The van der Waals surface area contributed by atoms with Crippen LogP contribution in [0.5, 0.6) is 11.8 Å². The van der Waals surface area contributed by atoms with Gasteiger partial charge >= 0.3 is 0 Å². The minimum atomic E-state index is -0.0834. The molecule has 0 saturated heterocycles. The van der Waals surface area contributed by atoms with Gasteiger partial charge in [-0.25, -0.2) is 0 Å². The summed E-state index contributed by atoms with van der Waals surface area (Å²) in [5.41, 5.74) is 2.13. The first-order chi connectivity index (χ1) is 14.2. The van der Waals surface area contributed by atoms with Crippen LogP contribution in [0.15, 0.2) is 69.0 Å². The molecule has 4 N–H and O–H groups in total. The van der Waals surface area contributed by atoms with Gasteiger partial charge in [0.2, 0.25) is 11.8 Å². The number of benzene rings is 2. The van der Waals surface area contributed by atoms with Crippen molar-refractivity contribution in [2.24, 2.45) is 20.5 Å². The number of azo groups is 2. The summed E-state index contributed by atoms with van der Waals surface area (Å²) in [7, 11) is 0. The lowest BCUT2D eigenvalue weighted by Crippen LogP contribution is -1.66. The number of nitrogens with zero attached hydrogens (tertiary/aromatic N) is 6. The van der Waals surface area contributed by atoms with E-state index in [1.54, 1.807) is 0 Å². The molecule has 3 aromatic heterocycles. The Morgan fingerprint density at radius 2 is 1.28 bits per heavy atom. The van der Waals surface area contributed by atoms with Crippen molar-refractivity contribution in [1.29, 1.82) is 0 Å². The first kappa shape index (κ1) is 17.0. The Morgan fingerprint density at radius 1 is 0.724 bits per heavy atom. The van der Waals surface area contributed by atoms with Gasteiger partial charge < -0.3 is 20.2 Å². The molecule has 142 valence electrons. The summed E-state index contributed by atoms with van der Waals surface area (Å²) < 4.78 is 4.06. The van der Waals surface area contributed by atoms with Crippen molar-refractivity contribution in [3.8, 4) is 11.8 Å². The van der Waals surface area contributed by atoms with E-state index in [-0.39, 0.29) is 22.8 Å². The molecule has 0 aliphatic carbocycles. The van der Waals surface area contributed by atoms with Crippen molar-refractivity contribution in [2.75, 3.05) is 0 Å². The first-order valence-electron chi connectivity index (χ1n) is 8.45. The fraction of sp³-hybridized carbons (Fsp3) is 0. The summed E-state index contributed by atoms with van der Waals surface area (Å²) in [4.78, 5) is 9.79. The number of nitrogens with one attached hydrogen (secondary N) is 2. The van der Waals surface area contributed by atoms with Crippen molar-refractivity contribution in [1.82, 2.24) is 19.3 Å². The number of para-hydroxylation sites is 2. The SMILES string of the molecule is Oc1[nH]c2ccccc2c1N=Nc1nsc(N=Nc2c(O)[nH]c3ccccc23)n1. The fourth-order valence-electron chi connectivity index (χ4n) is 2.91. The standard InChI is InChI=1S/C18H12N8O2S/c27-15-13(9-5-1-3-7-11(9)19-15)22-24-17-21-18(29-26-17)25-23-14-10-6-2-4-8-12(10)20-16(14)28/h1-8,19-20,27-28H. The molecule has 5 rings (SSSR count). The topological polar surface area (TPSA) is 147 Å². The van der Waals surface area contributed by atoms with E-state index in [0.29, 0.717) is 11.4 Å². The quantitative estimate of drug-likeness (QED) is 0.283. The third kappa shape index (κ3) is 3.08. The predicted octanol–water partition coefficient (Wildman–Crippen LogP) is 5.74. The molecule has 2 aromatic carbocycles. The van der Waals surface area contributed by atoms with Crippen LogP contribution in [0.4, 0.5) is 22.5 Å². The molecule has 11 heteroatoms. The van der Waals surface area contributed by atoms with Crippen LogP contribution in [-0.4, -0.2) is 29.5 Å². The van der Waals surface area contributed by atoms with Crippen molar-refractivity contribution in [3.63, 3.8) is 0 Å². The lowest BCUT2D eigenvalue weighted by Gasteiger charge is -1.89. The van der Waals surface area contributed by atoms with E-state index in [0.717, 1.165) is 33.3 Å². The second-order valence-corrected chi connectivity index (χ2v) is 6.74. The Balaban J connectivity index is 1.40. The van der Waals surface area contributed by atoms with Gasteiger partial charge in [-0.3, -0.25) is 0 Å². The average Bonchev–Trinajstić information content (AvgIpc) is 3.39. The third-order valence-corrected chi connectivity index (χ3v) is 4.79. The van der Waals surface area contributed by atoms with Gasteiger partial charge in [0.05, 0.1) is 11.0 Å². The zero-order valence-electron chi connectivity index (χ0n) is 14.6. The van der Waals surface area contributed by atoms with Crippen LogP contribution in [0.3, 0.4) is 0 Å². The highest BCUT2D eigenvalue weighted by molar-refractivity contribution is 7.09. The van der Waals surface area contributed by atoms with Gasteiger partial charge in [-0.1, -0.05) is 36.4 Å². The molecule has 0 saturated carbocycles. The smallest absolute Gasteiger partial charge is 0.282 e. The van der Waals surface area contributed by atoms with E-state index in [2.05, 4.69) is 39.8 Å². The maximum Gasteiger partial charge on any atom is 0.282 e. The van der Waals surface area contributed by atoms with E-state index in [1.165, 1.54) is 0 Å². The zero-order chi connectivity index (χ0) is 19.8. The lowest BCUT2D eigenvalue weighted by atomic mass is 10.2. The maximum absolute atomic E-state index is 10.0. The highest BCUT2D eigenvalue weighted by Crippen LogP contribution is 2.37. The molecule has 3 heterocycles. The molecule has 0 aliphatic heterocycles. The molecule has 29 heavy (non-hydrogen) atoms. The largest absolute Gasteiger partial charge is 0.493 e. The van der Waals surface area contributed by atoms with Gasteiger partial charge in [-0.2, -0.15) is 4.98 Å². The number of hydrogen-bond donors (Lipinski definition) is 4. The molecule has 10 nitrogen and oxygen atoms in total. The first-order valence-corrected chi connectivity index (χ1v) is 9.23. The van der Waals surface area contributed by atoms with Gasteiger partial charge in [-0.15, -0.1) is 24.8 Å². The molecule has 0 amide bonds. The van der Waals surface area contributed by atoms with Gasteiger partial charge in [0.15, 0.2) is 11.4 Å². The second-order valence-electron chi connectivity index (χ2n) is 6.01. The van der Waals surface area contributed by atoms with Gasteiger partial charge in [0.1, 0.15) is 0 Å². The summed E-state index contributed by atoms with van der Waals surface area (Å²) in [6, 6.07) is 14.7. The molecule has 0 atom stereocenters. The van der Waals surface area contributed by atoms with Crippen molar-refractivity contribution >= 4 is 55.8 Å². The number of aromatic hydroxyl groups is 2. The number of fused-ring (bicyclic) bond motifs is 2. The Hall–Kier alpha value is -4.12. The zero-order valence-corrected chi connectivity index (χ0v) is 15.4. The molecular weight excluding hydrogens is 392 g/mol. The highest BCUT2D eigenvalue weighted by Gasteiger charge is 2.12. The summed E-state index contributed by atoms with van der Waals surface area (Å²) >= 11 is 0.990. The Labute approximate surface area is 166 Å². The molecule has 0 spiro atoms. The summed E-state index contributed by atoms with van der Waals surface area (Å²) in [5.74, 6) is -0.0640. The predicted molar refractivity (Wildman–Crippen MR) is 108 cm³/mol. The van der Waals surface area contributed by atoms with Crippen molar-refractivity contribution in [3.05, 3.63) is 48.5 Å². The maximum atomic E-state index is 10.0. The Bertz CT molecular complexity index is 1290. The second kappa shape index (κ2) is 6.80. The Kier molecular flexibility index (Phi) is 3.99. The van der Waals surface area contributed by atoms with Crippen molar-refractivity contribution < 1.29 is 10.2 Å². The molecule has 0 bridgehead atoms.